The van der Waals surface area contributed by atoms with E-state index in [4.69, 9.17) is 5.73 Å². The smallest absolute Gasteiger partial charge is 0.366 e. The Kier molecular flexibility index (Phi) is 9.91. The molecule has 1 unspecified atom stereocenters. The minimum atomic E-state index is -4.78. The highest BCUT2D eigenvalue weighted by Crippen LogP contribution is 2.38. The predicted octanol–water partition coefficient (Wildman–Crippen LogP) is 6.23. The number of nitrogens with two attached hydrogens (primary N) is 1. The molecule has 256 valence electrons. The second-order valence-electron chi connectivity index (χ2n) is 13.3. The highest BCUT2D eigenvalue weighted by molar-refractivity contribution is 6.08. The van der Waals surface area contributed by atoms with Crippen LogP contribution in [0.25, 0.3) is 5.69 Å². The number of alkyl halides is 3. The number of anilines is 2. The van der Waals surface area contributed by atoms with Gasteiger partial charge in [0.1, 0.15) is 5.69 Å². The van der Waals surface area contributed by atoms with Gasteiger partial charge in [0, 0.05) is 42.1 Å². The molecule has 9 nitrogen and oxygen atoms in total. The highest BCUT2D eigenvalue weighted by atomic mass is 19.4. The standard InChI is InChI=1S/C36H43F3N6O3/c1-2-43(31(46)23-42-18-7-10-25(22-42)20-24-8-4-3-5-9-24)27-13-15-28(16-14-27)44-19-17-30-32(35(44)48)45(41-33(30)36(37,38)39)29-12-6-11-26(21-29)34(40)47/h6,11-16,21,24-25H,2-5,7-10,17-20,22-23H2,1H3,(H2,40,47). The molecule has 48 heavy (non-hydrogen) atoms. The fourth-order valence-corrected chi connectivity index (χ4v) is 7.79. The monoisotopic (exact) mass is 664 g/mol. The maximum absolute atomic E-state index is 14.0. The summed E-state index contributed by atoms with van der Waals surface area (Å²) in [6.45, 7) is 4.66. The summed E-state index contributed by atoms with van der Waals surface area (Å²) in [6, 6.07) is 12.7. The number of primary amides is 1. The number of hydrogen-bond donors (Lipinski definition) is 1. The molecular formula is C36H43F3N6O3. The normalized spacial score (nSPS) is 19.3. The van der Waals surface area contributed by atoms with Gasteiger partial charge in [0.25, 0.3) is 5.91 Å². The third-order valence-electron chi connectivity index (χ3n) is 10.1. The molecule has 3 aromatic rings. The molecule has 1 saturated heterocycles. The van der Waals surface area contributed by atoms with E-state index in [-0.39, 0.29) is 41.4 Å². The van der Waals surface area contributed by atoms with Gasteiger partial charge in [-0.2, -0.15) is 18.3 Å². The number of hydrogen-bond acceptors (Lipinski definition) is 5. The van der Waals surface area contributed by atoms with Crippen molar-refractivity contribution in [3.05, 3.63) is 71.0 Å². The summed E-state index contributed by atoms with van der Waals surface area (Å²) < 4.78 is 43.0. The van der Waals surface area contributed by atoms with Gasteiger partial charge in [-0.1, -0.05) is 38.2 Å². The number of likely N-dealkylation sites (tertiary alicyclic amines) is 1. The third-order valence-corrected chi connectivity index (χ3v) is 10.1. The Morgan fingerprint density at radius 2 is 1.69 bits per heavy atom. The Morgan fingerprint density at radius 3 is 2.38 bits per heavy atom. The molecule has 1 aliphatic carbocycles. The van der Waals surface area contributed by atoms with Gasteiger partial charge in [-0.15, -0.1) is 0 Å². The topological polar surface area (TPSA) is 105 Å². The van der Waals surface area contributed by atoms with E-state index in [1.54, 1.807) is 29.2 Å². The average Bonchev–Trinajstić information content (AvgIpc) is 3.48. The van der Waals surface area contributed by atoms with Gasteiger partial charge in [-0.05, 0) is 93.5 Å². The van der Waals surface area contributed by atoms with Gasteiger partial charge in [-0.25, -0.2) is 4.68 Å². The molecule has 2 fully saturated rings. The Morgan fingerprint density at radius 1 is 0.958 bits per heavy atom. The SMILES string of the molecule is CCN(C(=O)CN1CCCC(CC2CCCCC2)C1)c1ccc(N2CCc3c(C(F)(F)F)nn(-c4cccc(C(N)=O)c4)c3C2=O)cc1. The number of piperidine rings is 1. The molecule has 0 bridgehead atoms. The van der Waals surface area contributed by atoms with Crippen LogP contribution in [-0.2, 0) is 17.4 Å². The quantitative estimate of drug-likeness (QED) is 0.292. The fraction of sp³-hybridized carbons (Fsp3) is 0.500. The zero-order valence-electron chi connectivity index (χ0n) is 27.3. The maximum Gasteiger partial charge on any atom is 0.435 e. The number of carbonyl (C=O) groups excluding carboxylic acids is 3. The molecule has 2 aliphatic heterocycles. The molecular weight excluding hydrogens is 621 g/mol. The van der Waals surface area contributed by atoms with Crippen LogP contribution in [0.2, 0.25) is 0 Å². The molecule has 1 atom stereocenters. The van der Waals surface area contributed by atoms with E-state index in [0.717, 1.165) is 30.1 Å². The second-order valence-corrected chi connectivity index (χ2v) is 13.3. The molecule has 0 spiro atoms. The van der Waals surface area contributed by atoms with Crippen molar-refractivity contribution in [1.29, 1.82) is 0 Å². The lowest BCUT2D eigenvalue weighted by Gasteiger charge is -2.36. The van der Waals surface area contributed by atoms with Crippen molar-refractivity contribution in [3.63, 3.8) is 0 Å². The first-order chi connectivity index (χ1) is 23.0. The molecule has 1 aromatic heterocycles. The number of likely N-dealkylation sites (N-methyl/N-ethyl adjacent to an activating group) is 1. The van der Waals surface area contributed by atoms with Crippen molar-refractivity contribution in [1.82, 2.24) is 14.7 Å². The lowest BCUT2D eigenvalue weighted by atomic mass is 9.80. The first-order valence-corrected chi connectivity index (χ1v) is 17.1. The predicted molar refractivity (Wildman–Crippen MR) is 177 cm³/mol. The molecule has 2 N–H and O–H groups in total. The summed E-state index contributed by atoms with van der Waals surface area (Å²) in [6.07, 6.45) is 5.47. The van der Waals surface area contributed by atoms with Crippen LogP contribution >= 0.6 is 0 Å². The summed E-state index contributed by atoms with van der Waals surface area (Å²) in [5, 5.41) is 3.81. The molecule has 3 amide bonds. The number of rotatable bonds is 9. The number of aromatic nitrogens is 2. The number of halogens is 3. The van der Waals surface area contributed by atoms with Gasteiger partial charge in [-0.3, -0.25) is 19.3 Å². The Labute approximate surface area is 278 Å². The zero-order chi connectivity index (χ0) is 34.0. The molecule has 6 rings (SSSR count). The third kappa shape index (κ3) is 7.13. The summed E-state index contributed by atoms with van der Waals surface area (Å²) in [7, 11) is 0. The summed E-state index contributed by atoms with van der Waals surface area (Å²) in [5.41, 5.74) is 5.25. The van der Waals surface area contributed by atoms with Crippen LogP contribution in [0.4, 0.5) is 24.5 Å². The number of fused-ring (bicyclic) bond motifs is 1. The van der Waals surface area contributed by atoms with Gasteiger partial charge < -0.3 is 15.5 Å². The maximum atomic E-state index is 14.0. The van der Waals surface area contributed by atoms with E-state index in [9.17, 15) is 27.6 Å². The van der Waals surface area contributed by atoms with Crippen LogP contribution in [0.5, 0.6) is 0 Å². The van der Waals surface area contributed by atoms with Crippen molar-refractivity contribution in [2.45, 2.75) is 70.9 Å². The van der Waals surface area contributed by atoms with Crippen molar-refractivity contribution in [3.8, 4) is 5.69 Å². The Balaban J connectivity index is 1.17. The van der Waals surface area contributed by atoms with Gasteiger partial charge in [0.2, 0.25) is 11.8 Å². The van der Waals surface area contributed by atoms with Crippen LogP contribution in [0, 0.1) is 11.8 Å². The Bertz CT molecular complexity index is 1650. The zero-order valence-corrected chi connectivity index (χ0v) is 27.3. The highest BCUT2D eigenvalue weighted by Gasteiger charge is 2.43. The number of carbonyl (C=O) groups is 3. The largest absolute Gasteiger partial charge is 0.435 e. The van der Waals surface area contributed by atoms with Gasteiger partial charge >= 0.3 is 6.18 Å². The van der Waals surface area contributed by atoms with Crippen LogP contribution in [-0.4, -0.2) is 65.1 Å². The van der Waals surface area contributed by atoms with Crippen molar-refractivity contribution in [2.24, 2.45) is 17.6 Å². The van der Waals surface area contributed by atoms with E-state index in [2.05, 4.69) is 10.00 Å². The second kappa shape index (κ2) is 14.1. The average molecular weight is 665 g/mol. The summed E-state index contributed by atoms with van der Waals surface area (Å²) in [5.74, 6) is 0.0825. The molecule has 12 heteroatoms. The molecule has 3 aliphatic rings. The lowest BCUT2D eigenvalue weighted by Crippen LogP contribution is -2.44. The van der Waals surface area contributed by atoms with Gasteiger partial charge in [0.15, 0.2) is 5.69 Å². The van der Waals surface area contributed by atoms with E-state index in [1.165, 1.54) is 74.1 Å². The number of amides is 3. The molecule has 3 heterocycles. The number of nitrogens with zero attached hydrogens (tertiary/aromatic N) is 5. The first-order valence-electron chi connectivity index (χ1n) is 17.1. The first kappa shape index (κ1) is 33.7. The molecule has 1 saturated carbocycles. The molecule has 0 radical (unpaired) electrons. The van der Waals surface area contributed by atoms with Crippen LogP contribution in [0.1, 0.15) is 90.4 Å². The van der Waals surface area contributed by atoms with E-state index >= 15 is 0 Å². The molecule has 2 aromatic carbocycles. The minimum absolute atomic E-state index is 0.0176. The Hall–Kier alpha value is -4.19. The van der Waals surface area contributed by atoms with Crippen LogP contribution in [0.15, 0.2) is 48.5 Å². The van der Waals surface area contributed by atoms with Crippen LogP contribution < -0.4 is 15.5 Å². The van der Waals surface area contributed by atoms with E-state index in [0.29, 0.717) is 30.4 Å². The van der Waals surface area contributed by atoms with Crippen molar-refractivity contribution < 1.29 is 27.6 Å². The van der Waals surface area contributed by atoms with Crippen molar-refractivity contribution in [2.75, 3.05) is 42.5 Å². The minimum Gasteiger partial charge on any atom is -0.366 e. The van der Waals surface area contributed by atoms with Gasteiger partial charge in [0.05, 0.1) is 12.2 Å². The summed E-state index contributed by atoms with van der Waals surface area (Å²) in [4.78, 5) is 44.6. The van der Waals surface area contributed by atoms with E-state index < -0.39 is 23.7 Å². The van der Waals surface area contributed by atoms with E-state index in [1.807, 2.05) is 6.92 Å². The number of benzene rings is 2. The van der Waals surface area contributed by atoms with Crippen LogP contribution in [0.3, 0.4) is 0 Å². The summed E-state index contributed by atoms with van der Waals surface area (Å²) >= 11 is 0. The van der Waals surface area contributed by atoms with Crippen molar-refractivity contribution >= 4 is 29.1 Å². The lowest BCUT2D eigenvalue weighted by molar-refractivity contribution is -0.142. The fourth-order valence-electron chi connectivity index (χ4n) is 7.79.